The summed E-state index contributed by atoms with van der Waals surface area (Å²) in [6.45, 7) is 15.8. The lowest BCUT2D eigenvalue weighted by atomic mass is 10.1. The summed E-state index contributed by atoms with van der Waals surface area (Å²) in [6, 6.07) is 29.0. The Morgan fingerprint density at radius 1 is 0.524 bits per heavy atom. The van der Waals surface area contributed by atoms with Crippen molar-refractivity contribution < 1.29 is 51.0 Å². The molecule has 0 atom stereocenters. The van der Waals surface area contributed by atoms with Gasteiger partial charge in [-0.1, -0.05) is 18.2 Å². The number of benzene rings is 4. The number of aromatic nitrogens is 13. The van der Waals surface area contributed by atoms with E-state index in [4.69, 9.17) is 18.6 Å². The van der Waals surface area contributed by atoms with Gasteiger partial charge in [-0.15, -0.1) is 0 Å². The standard InChI is InChI=1S/C26H26FN5O3.C24H22FN7O3.C23H24FN7O2/c1-5-32(4)26(34)22-24(31-18-8-6-17(7-9-18)13-16(3)33)28-14-29-25(22)35-21-11-10-20-19(23(21)27)12-15(2)30-20;1-4-32(3)24(33)20-22(29-19-11-16(30-31-19)17-6-5-9-34-17)26-12-27-23(20)35-18-8-7-15-14(21(18)25)10-13(2)28-15;1-5-7-14-11-18(30-29-14)28-21-19(23(32)31(4)6-2)22(26-12-25-21)33-17-9-8-16-15(20(17)24)10-13(3)27-16/h6-12,14,30H,5,13H2,1-4H3,(H,28,29,31);5-12,28H,4H2,1-3H3,(H2,26,27,29,30,31);5,7-12,27H,6H2,1-4H3,(H2,25,26,28,29,30)/b;;7-5+. The average Bonchev–Trinajstić information content (AvgIpc) is 1.62. The number of nitrogens with one attached hydrogen (secondary N) is 8. The van der Waals surface area contributed by atoms with Gasteiger partial charge < -0.3 is 64.2 Å². The van der Waals surface area contributed by atoms with Crippen LogP contribution in [0.25, 0.3) is 50.2 Å². The van der Waals surface area contributed by atoms with E-state index >= 15 is 13.2 Å². The number of halogens is 3. The number of allylic oxidation sites excluding steroid dienone is 1. The number of hydrogen-bond acceptors (Lipinski definition) is 19. The average molecular weight is 1400 g/mol. The molecule has 103 heavy (non-hydrogen) atoms. The van der Waals surface area contributed by atoms with E-state index < -0.39 is 23.4 Å². The molecule has 9 aromatic heterocycles. The van der Waals surface area contributed by atoms with Gasteiger partial charge in [-0.2, -0.15) is 10.2 Å². The van der Waals surface area contributed by atoms with Gasteiger partial charge in [-0.05, 0) is 146 Å². The topological polar surface area (TPSA) is 337 Å². The highest BCUT2D eigenvalue weighted by atomic mass is 19.1. The van der Waals surface area contributed by atoms with Crippen LogP contribution in [0.15, 0.2) is 139 Å². The molecule has 0 spiro atoms. The molecule has 0 unspecified atom stereocenters. The molecule has 27 nitrogen and oxygen atoms in total. The Balaban J connectivity index is 0.000000155. The number of ether oxygens (including phenoxy) is 3. The molecule has 528 valence electrons. The first-order valence-corrected chi connectivity index (χ1v) is 32.5. The van der Waals surface area contributed by atoms with E-state index in [0.717, 1.165) is 28.3 Å². The Morgan fingerprint density at radius 3 is 1.32 bits per heavy atom. The van der Waals surface area contributed by atoms with Crippen LogP contribution in [-0.2, 0) is 11.2 Å². The van der Waals surface area contributed by atoms with Crippen LogP contribution in [0, 0.1) is 38.2 Å². The second-order valence-corrected chi connectivity index (χ2v) is 23.6. The minimum Gasteiger partial charge on any atom is -0.463 e. The van der Waals surface area contributed by atoms with Gasteiger partial charge in [-0.3, -0.25) is 29.4 Å². The van der Waals surface area contributed by atoms with Crippen molar-refractivity contribution in [3.63, 3.8) is 0 Å². The van der Waals surface area contributed by atoms with Crippen LogP contribution < -0.4 is 30.2 Å². The first kappa shape index (κ1) is 71.1. The smallest absolute Gasteiger partial charge is 0.262 e. The summed E-state index contributed by atoms with van der Waals surface area (Å²) >= 11 is 0. The molecule has 0 saturated heterocycles. The highest BCUT2D eigenvalue weighted by Crippen LogP contribution is 2.38. The van der Waals surface area contributed by atoms with Crippen molar-refractivity contribution in [1.29, 1.82) is 0 Å². The fourth-order valence-corrected chi connectivity index (χ4v) is 10.6. The van der Waals surface area contributed by atoms with Crippen LogP contribution in [0.2, 0.25) is 0 Å². The van der Waals surface area contributed by atoms with Crippen molar-refractivity contribution in [2.24, 2.45) is 0 Å². The summed E-state index contributed by atoms with van der Waals surface area (Å²) in [7, 11) is 4.94. The SMILES string of the molecule is C/C=C/c1cc(Nc2ncnc(Oc3ccc4[nH]c(C)cc4c3F)c2C(=O)N(C)CC)n[nH]1.CCN(C)C(=O)c1c(Nc2cc(-c3ccco3)[nH]n2)ncnc1Oc1ccc2[nH]c(C)cc2c1F.CCN(C)C(=O)c1c(Nc2ccc(CC(C)=O)cc2)ncnc1Oc1ccc2[nH]c(C)cc2c1F. The molecular formula is C73H72F3N19O8. The molecule has 30 heteroatoms. The van der Waals surface area contributed by atoms with E-state index in [1.54, 1.807) is 100 Å². The van der Waals surface area contributed by atoms with E-state index in [0.29, 0.717) is 87.5 Å². The third-order valence-corrected chi connectivity index (χ3v) is 16.1. The highest BCUT2D eigenvalue weighted by Gasteiger charge is 2.29. The maximum Gasteiger partial charge on any atom is 0.262 e. The number of Topliss-reactive ketones (excluding diaryl/α,β-unsaturated/α-hetero) is 1. The third kappa shape index (κ3) is 16.1. The van der Waals surface area contributed by atoms with Gasteiger partial charge in [0.25, 0.3) is 17.7 Å². The number of nitrogens with zero attached hydrogens (tertiary/aromatic N) is 11. The molecule has 0 aliphatic heterocycles. The summed E-state index contributed by atoms with van der Waals surface area (Å²) in [5, 5.41) is 24.5. The lowest BCUT2D eigenvalue weighted by molar-refractivity contribution is -0.116. The van der Waals surface area contributed by atoms with Gasteiger partial charge in [0.15, 0.2) is 69.5 Å². The van der Waals surface area contributed by atoms with Crippen LogP contribution >= 0.6 is 0 Å². The van der Waals surface area contributed by atoms with Crippen LogP contribution in [-0.4, -0.2) is 144 Å². The lowest BCUT2D eigenvalue weighted by Gasteiger charge is -2.19. The van der Waals surface area contributed by atoms with Crippen LogP contribution in [0.4, 0.5) is 47.9 Å². The fourth-order valence-electron chi connectivity index (χ4n) is 10.6. The molecule has 0 saturated carbocycles. The normalized spacial score (nSPS) is 11.1. The molecule has 0 aliphatic rings. The summed E-state index contributed by atoms with van der Waals surface area (Å²) < 4.78 is 68.4. The van der Waals surface area contributed by atoms with Crippen molar-refractivity contribution in [3.05, 3.63) is 197 Å². The zero-order chi connectivity index (χ0) is 73.2. The number of fused-ring (bicyclic) bond motifs is 3. The Morgan fingerprint density at radius 2 is 0.932 bits per heavy atom. The Hall–Kier alpha value is -13.2. The van der Waals surface area contributed by atoms with E-state index in [-0.39, 0.29) is 86.6 Å². The second-order valence-electron chi connectivity index (χ2n) is 23.6. The number of amides is 3. The number of rotatable bonds is 22. The number of carbonyl (C=O) groups excluding carboxylic acids is 4. The Bertz CT molecular complexity index is 5280. The van der Waals surface area contributed by atoms with Gasteiger partial charge in [0, 0.05) is 115 Å². The van der Waals surface area contributed by atoms with Crippen molar-refractivity contribution in [1.82, 2.24) is 80.0 Å². The van der Waals surface area contributed by atoms with Crippen LogP contribution in [0.5, 0.6) is 34.9 Å². The molecule has 9 heterocycles. The minimum absolute atomic E-state index is 0.0455. The van der Waals surface area contributed by atoms with E-state index in [1.807, 2.05) is 72.8 Å². The molecule has 13 rings (SSSR count). The quantitative estimate of drug-likeness (QED) is 0.0312. The number of aromatic amines is 5. The third-order valence-electron chi connectivity index (χ3n) is 16.1. The summed E-state index contributed by atoms with van der Waals surface area (Å²) in [4.78, 5) is 90.0. The molecule has 0 radical (unpaired) electrons. The number of carbonyl (C=O) groups is 4. The zero-order valence-corrected chi connectivity index (χ0v) is 57.9. The van der Waals surface area contributed by atoms with E-state index in [9.17, 15) is 19.2 Å². The minimum atomic E-state index is -0.558. The summed E-state index contributed by atoms with van der Waals surface area (Å²) in [5.74, 6) is -1.08. The first-order chi connectivity index (χ1) is 49.6. The molecule has 3 amide bonds. The van der Waals surface area contributed by atoms with E-state index in [2.05, 4.69) is 81.2 Å². The number of ketones is 1. The number of furan rings is 1. The van der Waals surface area contributed by atoms with Crippen molar-refractivity contribution in [3.8, 4) is 46.3 Å². The molecular weight excluding hydrogens is 1330 g/mol. The van der Waals surface area contributed by atoms with Gasteiger partial charge in [-0.25, -0.2) is 43.1 Å². The lowest BCUT2D eigenvalue weighted by Crippen LogP contribution is -2.28. The highest BCUT2D eigenvalue weighted by molar-refractivity contribution is 6.03. The fraction of sp³-hybridized carbons (Fsp3) is 0.205. The van der Waals surface area contributed by atoms with Crippen molar-refractivity contribution in [2.75, 3.05) is 56.7 Å². The zero-order valence-electron chi connectivity index (χ0n) is 57.9. The second kappa shape index (κ2) is 31.4. The number of H-pyrrole nitrogens is 5. The van der Waals surface area contributed by atoms with Crippen LogP contribution in [0.1, 0.15) is 94.0 Å². The molecule has 13 aromatic rings. The van der Waals surface area contributed by atoms with E-state index in [1.165, 1.54) is 58.8 Å². The molecule has 0 fully saturated rings. The van der Waals surface area contributed by atoms with Gasteiger partial charge in [0.1, 0.15) is 47.1 Å². The predicted molar refractivity (Wildman–Crippen MR) is 383 cm³/mol. The first-order valence-electron chi connectivity index (χ1n) is 32.5. The number of aryl methyl sites for hydroxylation is 3. The summed E-state index contributed by atoms with van der Waals surface area (Å²) in [5.41, 5.74) is 7.55. The molecule has 4 aromatic carbocycles. The molecule has 0 aliphatic carbocycles. The predicted octanol–water partition coefficient (Wildman–Crippen LogP) is 15.0. The molecule has 8 N–H and O–H groups in total. The maximum absolute atomic E-state index is 15.2. The number of anilines is 6. The van der Waals surface area contributed by atoms with Crippen molar-refractivity contribution >= 4 is 97.1 Å². The largest absolute Gasteiger partial charge is 0.463 e. The maximum atomic E-state index is 15.2. The Kier molecular flexibility index (Phi) is 21.7. The number of hydrogen-bond donors (Lipinski definition) is 8. The van der Waals surface area contributed by atoms with Gasteiger partial charge in [0.2, 0.25) is 17.6 Å². The van der Waals surface area contributed by atoms with Crippen LogP contribution in [0.3, 0.4) is 0 Å². The van der Waals surface area contributed by atoms with Gasteiger partial charge >= 0.3 is 0 Å². The monoisotopic (exact) mass is 1400 g/mol. The molecule has 0 bridgehead atoms. The van der Waals surface area contributed by atoms with Gasteiger partial charge in [0.05, 0.1) is 12.0 Å². The Labute approximate surface area is 587 Å². The van der Waals surface area contributed by atoms with Crippen molar-refractivity contribution in [2.45, 2.75) is 61.8 Å². The summed E-state index contributed by atoms with van der Waals surface area (Å²) in [6.07, 6.45) is 9.35.